The zero-order chi connectivity index (χ0) is 15.1. The van der Waals surface area contributed by atoms with E-state index in [4.69, 9.17) is 4.74 Å². The average molecular weight is 354 g/mol. The number of aliphatic hydroxyl groups excluding tert-OH is 1. The Morgan fingerprint density at radius 2 is 2.29 bits per heavy atom. The molecule has 2 unspecified atom stereocenters. The molecule has 116 valence electrons. The number of allylic oxidation sites excluding steroid dienone is 2. The normalized spacial score (nSPS) is 19.5. The van der Waals surface area contributed by atoms with Crippen LogP contribution in [0.5, 0.6) is 5.75 Å². The summed E-state index contributed by atoms with van der Waals surface area (Å²) in [4.78, 5) is 0. The molecule has 0 bridgehead atoms. The molecule has 4 heteroatoms. The van der Waals surface area contributed by atoms with E-state index in [1.165, 1.54) is 18.4 Å². The smallest absolute Gasteiger partial charge is 0.133 e. The molecule has 0 aliphatic heterocycles. The van der Waals surface area contributed by atoms with E-state index in [2.05, 4.69) is 33.4 Å². The lowest BCUT2D eigenvalue weighted by atomic mass is 9.94. The molecule has 2 rings (SSSR count). The molecule has 0 saturated carbocycles. The second kappa shape index (κ2) is 8.57. The van der Waals surface area contributed by atoms with Crippen molar-refractivity contribution in [2.75, 3.05) is 19.7 Å². The minimum atomic E-state index is -0.489. The van der Waals surface area contributed by atoms with Crippen LogP contribution in [0.25, 0.3) is 0 Å². The number of rotatable bonds is 7. The second-order valence-corrected chi connectivity index (χ2v) is 6.56. The number of nitrogens with one attached hydrogen (secondary N) is 1. The van der Waals surface area contributed by atoms with Crippen molar-refractivity contribution in [2.24, 2.45) is 5.92 Å². The van der Waals surface area contributed by atoms with Crippen LogP contribution in [-0.2, 0) is 0 Å². The highest BCUT2D eigenvalue weighted by Gasteiger charge is 2.11. The van der Waals surface area contributed by atoms with E-state index in [-0.39, 0.29) is 0 Å². The Labute approximate surface area is 135 Å². The molecule has 0 radical (unpaired) electrons. The molecular weight excluding hydrogens is 330 g/mol. The molecular formula is C17H24BrNO2. The van der Waals surface area contributed by atoms with Crippen LogP contribution in [-0.4, -0.2) is 30.9 Å². The zero-order valence-electron chi connectivity index (χ0n) is 12.5. The Hall–Kier alpha value is -0.840. The van der Waals surface area contributed by atoms with Crippen molar-refractivity contribution in [3.05, 3.63) is 40.4 Å². The van der Waals surface area contributed by atoms with Gasteiger partial charge in [-0.15, -0.1) is 0 Å². The summed E-state index contributed by atoms with van der Waals surface area (Å²) in [5.74, 6) is 1.48. The van der Waals surface area contributed by atoms with Crippen LogP contribution in [0.15, 0.2) is 34.8 Å². The van der Waals surface area contributed by atoms with E-state index in [0.717, 1.165) is 23.2 Å². The van der Waals surface area contributed by atoms with Crippen LogP contribution in [0.2, 0.25) is 0 Å². The Morgan fingerprint density at radius 1 is 1.43 bits per heavy atom. The monoisotopic (exact) mass is 353 g/mol. The Morgan fingerprint density at radius 3 is 3.00 bits per heavy atom. The molecule has 1 aliphatic rings. The largest absolute Gasteiger partial charge is 0.490 e. The number of halogens is 1. The molecule has 1 aliphatic carbocycles. The van der Waals surface area contributed by atoms with Crippen molar-refractivity contribution in [1.82, 2.24) is 5.32 Å². The predicted molar refractivity (Wildman–Crippen MR) is 89.7 cm³/mol. The first-order valence-corrected chi connectivity index (χ1v) is 8.37. The Kier molecular flexibility index (Phi) is 6.74. The molecule has 0 heterocycles. The lowest BCUT2D eigenvalue weighted by Crippen LogP contribution is -2.34. The standard InChI is InChI=1S/C17H24BrNO2/c1-13-7-8-17(16(18)9-13)21-12-15(20)11-19-10-14-5-3-2-4-6-14/h2-3,7-9,14-15,19-20H,4-6,10-12H2,1H3. The van der Waals surface area contributed by atoms with Gasteiger partial charge in [-0.3, -0.25) is 0 Å². The highest BCUT2D eigenvalue weighted by molar-refractivity contribution is 9.10. The van der Waals surface area contributed by atoms with E-state index in [9.17, 15) is 5.11 Å². The lowest BCUT2D eigenvalue weighted by molar-refractivity contribution is 0.105. The molecule has 3 nitrogen and oxygen atoms in total. The summed E-state index contributed by atoms with van der Waals surface area (Å²) in [6.45, 7) is 3.88. The minimum Gasteiger partial charge on any atom is -0.490 e. The summed E-state index contributed by atoms with van der Waals surface area (Å²) in [5.41, 5.74) is 1.18. The number of hydrogen-bond acceptors (Lipinski definition) is 3. The van der Waals surface area contributed by atoms with Gasteiger partial charge in [0.25, 0.3) is 0 Å². The highest BCUT2D eigenvalue weighted by Crippen LogP contribution is 2.25. The van der Waals surface area contributed by atoms with Crippen LogP contribution in [0.4, 0.5) is 0 Å². The quantitative estimate of drug-likeness (QED) is 0.737. The number of aryl methyl sites for hydroxylation is 1. The highest BCUT2D eigenvalue weighted by atomic mass is 79.9. The SMILES string of the molecule is Cc1ccc(OCC(O)CNCC2CC=CCC2)c(Br)c1. The van der Waals surface area contributed by atoms with Gasteiger partial charge in [-0.2, -0.15) is 0 Å². The second-order valence-electron chi connectivity index (χ2n) is 5.71. The van der Waals surface area contributed by atoms with Crippen molar-refractivity contribution in [3.8, 4) is 5.75 Å². The van der Waals surface area contributed by atoms with Crippen molar-refractivity contribution in [1.29, 1.82) is 0 Å². The lowest BCUT2D eigenvalue weighted by Gasteiger charge is -2.20. The molecule has 1 aromatic carbocycles. The topological polar surface area (TPSA) is 41.5 Å². The minimum absolute atomic E-state index is 0.305. The van der Waals surface area contributed by atoms with E-state index < -0.39 is 6.10 Å². The Bertz CT molecular complexity index is 476. The summed E-state index contributed by atoms with van der Waals surface area (Å²) >= 11 is 3.47. The van der Waals surface area contributed by atoms with Gasteiger partial charge >= 0.3 is 0 Å². The van der Waals surface area contributed by atoms with Gasteiger partial charge in [0, 0.05) is 6.54 Å². The molecule has 0 fully saturated rings. The van der Waals surface area contributed by atoms with E-state index in [0.29, 0.717) is 19.1 Å². The summed E-state index contributed by atoms with van der Waals surface area (Å²) in [6.07, 6.45) is 7.59. The van der Waals surface area contributed by atoms with Crippen molar-refractivity contribution >= 4 is 15.9 Å². The van der Waals surface area contributed by atoms with Crippen molar-refractivity contribution in [2.45, 2.75) is 32.3 Å². The third-order valence-corrected chi connectivity index (χ3v) is 4.33. The summed E-state index contributed by atoms with van der Waals surface area (Å²) < 4.78 is 6.58. The molecule has 0 aromatic heterocycles. The summed E-state index contributed by atoms with van der Waals surface area (Å²) in [7, 11) is 0. The van der Waals surface area contributed by atoms with Gasteiger partial charge in [0.2, 0.25) is 0 Å². The van der Waals surface area contributed by atoms with Gasteiger partial charge in [0.1, 0.15) is 18.5 Å². The number of aliphatic hydroxyl groups is 1. The van der Waals surface area contributed by atoms with Gasteiger partial charge in [-0.05, 0) is 72.3 Å². The van der Waals surface area contributed by atoms with Crippen LogP contribution >= 0.6 is 15.9 Å². The maximum Gasteiger partial charge on any atom is 0.133 e. The Balaban J connectivity index is 1.65. The fourth-order valence-electron chi connectivity index (χ4n) is 2.46. The van der Waals surface area contributed by atoms with Crippen LogP contribution in [0.1, 0.15) is 24.8 Å². The maximum absolute atomic E-state index is 9.97. The number of hydrogen-bond donors (Lipinski definition) is 2. The third-order valence-electron chi connectivity index (χ3n) is 3.71. The molecule has 2 atom stereocenters. The van der Waals surface area contributed by atoms with Crippen LogP contribution in [0.3, 0.4) is 0 Å². The van der Waals surface area contributed by atoms with Gasteiger partial charge in [-0.1, -0.05) is 18.2 Å². The fraction of sp³-hybridized carbons (Fsp3) is 0.529. The molecule has 21 heavy (non-hydrogen) atoms. The zero-order valence-corrected chi connectivity index (χ0v) is 14.1. The fourth-order valence-corrected chi connectivity index (χ4v) is 3.07. The van der Waals surface area contributed by atoms with Crippen LogP contribution in [0, 0.1) is 12.8 Å². The van der Waals surface area contributed by atoms with Gasteiger partial charge < -0.3 is 15.2 Å². The first-order valence-electron chi connectivity index (χ1n) is 7.58. The molecule has 0 amide bonds. The predicted octanol–water partition coefficient (Wildman–Crippen LogP) is 3.44. The number of benzene rings is 1. The summed E-state index contributed by atoms with van der Waals surface area (Å²) in [6, 6.07) is 5.94. The molecule has 0 spiro atoms. The van der Waals surface area contributed by atoms with Crippen molar-refractivity contribution in [3.63, 3.8) is 0 Å². The molecule has 0 saturated heterocycles. The van der Waals surface area contributed by atoms with Crippen LogP contribution < -0.4 is 10.1 Å². The molecule has 1 aromatic rings. The first-order chi connectivity index (χ1) is 10.1. The summed E-state index contributed by atoms with van der Waals surface area (Å²) in [5, 5.41) is 13.3. The van der Waals surface area contributed by atoms with E-state index in [1.807, 2.05) is 25.1 Å². The number of ether oxygens (including phenoxy) is 1. The van der Waals surface area contributed by atoms with Crippen molar-refractivity contribution < 1.29 is 9.84 Å². The van der Waals surface area contributed by atoms with Gasteiger partial charge in [0.05, 0.1) is 4.47 Å². The maximum atomic E-state index is 9.97. The third kappa shape index (κ3) is 5.81. The van der Waals surface area contributed by atoms with Gasteiger partial charge in [-0.25, -0.2) is 0 Å². The molecule has 2 N–H and O–H groups in total. The van der Waals surface area contributed by atoms with E-state index >= 15 is 0 Å². The van der Waals surface area contributed by atoms with E-state index in [1.54, 1.807) is 0 Å². The van der Waals surface area contributed by atoms with Gasteiger partial charge in [0.15, 0.2) is 0 Å². The first kappa shape index (κ1) is 16.5. The average Bonchev–Trinajstić information content (AvgIpc) is 2.47.